The van der Waals surface area contributed by atoms with E-state index in [0.717, 1.165) is 44.3 Å². The van der Waals surface area contributed by atoms with Crippen LogP contribution < -0.4 is 9.75 Å². The van der Waals surface area contributed by atoms with Crippen molar-refractivity contribution in [2.24, 2.45) is 7.05 Å². The maximum absolute atomic E-state index is 7.89. The first-order valence-corrected chi connectivity index (χ1v) is 16.9. The number of rotatable bonds is 4. The maximum atomic E-state index is 7.89. The number of furan rings is 1. The second-order valence-corrected chi connectivity index (χ2v) is 16.9. The third-order valence-electron chi connectivity index (χ3n) is 7.96. The lowest BCUT2D eigenvalue weighted by molar-refractivity contribution is -0.665. The summed E-state index contributed by atoms with van der Waals surface area (Å²) in [4.78, 5) is 3.88. The zero-order valence-corrected chi connectivity index (χ0v) is 25.1. The number of aryl methyl sites for hydroxylation is 2. The molecule has 0 aliphatic rings. The van der Waals surface area contributed by atoms with Crippen LogP contribution in [-0.4, -0.2) is 8.07 Å². The molecular formula is C34H37N2OSi+. The quantitative estimate of drug-likeness (QED) is 0.132. The van der Waals surface area contributed by atoms with Crippen molar-refractivity contribution in [3.8, 4) is 22.4 Å². The van der Waals surface area contributed by atoms with E-state index in [-0.39, 0.29) is 0 Å². The van der Waals surface area contributed by atoms with Gasteiger partial charge in [-0.2, -0.15) is 4.57 Å². The molecule has 0 radical (unpaired) electrons. The minimum absolute atomic E-state index is 0.455. The van der Waals surface area contributed by atoms with Gasteiger partial charge in [0.25, 0.3) is 0 Å². The molecule has 0 spiro atoms. The predicted molar refractivity (Wildman–Crippen MR) is 163 cm³/mol. The first-order valence-electron chi connectivity index (χ1n) is 13.4. The van der Waals surface area contributed by atoms with Crippen LogP contribution in [0.5, 0.6) is 0 Å². The standard InChI is InChI=1S/C34H37N2OSi/c1-20(2)24-12-14-25(15-13-24)31-28(35-6)18-17-27-26-16-11-21(3)30(32(26)37-33(27)31)29-19-22(4)34(38(8,9)10)23(5)36(29)7/h11-20H,1-5,7-10H3/q+1. The Morgan fingerprint density at radius 1 is 0.816 bits per heavy atom. The van der Waals surface area contributed by atoms with Gasteiger partial charge in [-0.25, -0.2) is 4.85 Å². The van der Waals surface area contributed by atoms with Crippen molar-refractivity contribution < 1.29 is 8.98 Å². The topological polar surface area (TPSA) is 21.4 Å². The molecule has 2 aromatic heterocycles. The molecule has 0 atom stereocenters. The second-order valence-electron chi connectivity index (χ2n) is 11.9. The highest BCUT2D eigenvalue weighted by Crippen LogP contribution is 2.44. The van der Waals surface area contributed by atoms with E-state index in [2.05, 4.69) is 113 Å². The smallest absolute Gasteiger partial charge is 0.216 e. The molecule has 0 unspecified atom stereocenters. The molecule has 5 aromatic rings. The highest BCUT2D eigenvalue weighted by Gasteiger charge is 2.30. The Morgan fingerprint density at radius 2 is 1.42 bits per heavy atom. The fourth-order valence-electron chi connectivity index (χ4n) is 6.10. The monoisotopic (exact) mass is 517 g/mol. The molecule has 0 aliphatic heterocycles. The number of hydrogen-bond acceptors (Lipinski definition) is 1. The Hall–Kier alpha value is -3.68. The highest BCUT2D eigenvalue weighted by molar-refractivity contribution is 6.89. The first-order chi connectivity index (χ1) is 17.9. The minimum Gasteiger partial charge on any atom is -0.456 e. The zero-order chi connectivity index (χ0) is 27.5. The van der Waals surface area contributed by atoms with Crippen LogP contribution in [-0.2, 0) is 7.05 Å². The zero-order valence-electron chi connectivity index (χ0n) is 24.1. The largest absolute Gasteiger partial charge is 0.456 e. The van der Waals surface area contributed by atoms with Crippen LogP contribution in [0.15, 0.2) is 59.0 Å². The number of pyridine rings is 1. The van der Waals surface area contributed by atoms with Gasteiger partial charge in [-0.1, -0.05) is 82.0 Å². The molecule has 3 nitrogen and oxygen atoms in total. The Kier molecular flexibility index (Phi) is 6.32. The van der Waals surface area contributed by atoms with Crippen molar-refractivity contribution >= 4 is 40.9 Å². The molecule has 0 amide bonds. The number of benzene rings is 3. The molecular weight excluding hydrogens is 480 g/mol. The van der Waals surface area contributed by atoms with Gasteiger partial charge in [-0.3, -0.25) is 0 Å². The van der Waals surface area contributed by atoms with Gasteiger partial charge >= 0.3 is 0 Å². The molecule has 3 aromatic carbocycles. The van der Waals surface area contributed by atoms with Gasteiger partial charge in [-0.05, 0) is 42.0 Å². The van der Waals surface area contributed by atoms with Crippen LogP contribution in [0.4, 0.5) is 5.69 Å². The third kappa shape index (κ3) is 4.06. The van der Waals surface area contributed by atoms with Crippen molar-refractivity contribution in [1.29, 1.82) is 0 Å². The SMILES string of the molecule is [C-]#[N+]c1ccc2c(oc3c(-c4cc(C)c([Si](C)(C)C)c(C)[n+]4C)c(C)ccc32)c1-c1ccc(C(C)C)cc1. The lowest BCUT2D eigenvalue weighted by atomic mass is 9.96. The van der Waals surface area contributed by atoms with Gasteiger partial charge in [-0.15, -0.1) is 0 Å². The summed E-state index contributed by atoms with van der Waals surface area (Å²) in [6.07, 6.45) is 0. The summed E-state index contributed by atoms with van der Waals surface area (Å²) in [7, 11) is 0.663. The highest BCUT2D eigenvalue weighted by atomic mass is 28.3. The molecule has 0 bridgehead atoms. The van der Waals surface area contributed by atoms with E-state index in [1.54, 1.807) is 0 Å². The van der Waals surface area contributed by atoms with Crippen molar-refractivity contribution in [3.05, 3.63) is 88.4 Å². The van der Waals surface area contributed by atoms with Crippen molar-refractivity contribution in [3.63, 3.8) is 0 Å². The maximum Gasteiger partial charge on any atom is 0.216 e. The second kappa shape index (κ2) is 9.25. The Bertz CT molecular complexity index is 1760. The summed E-state index contributed by atoms with van der Waals surface area (Å²) in [5.74, 6) is 0.455. The van der Waals surface area contributed by atoms with Gasteiger partial charge in [0.1, 0.15) is 18.2 Å². The van der Waals surface area contributed by atoms with E-state index in [1.807, 2.05) is 12.1 Å². The van der Waals surface area contributed by atoms with Gasteiger partial charge in [0.15, 0.2) is 11.4 Å². The van der Waals surface area contributed by atoms with Crippen LogP contribution in [0.25, 0.3) is 49.2 Å². The molecule has 38 heavy (non-hydrogen) atoms. The first kappa shape index (κ1) is 25.9. The van der Waals surface area contributed by atoms with Gasteiger partial charge in [0.05, 0.1) is 20.2 Å². The molecule has 0 saturated carbocycles. The Balaban J connectivity index is 1.84. The molecule has 5 rings (SSSR count). The summed E-state index contributed by atoms with van der Waals surface area (Å²) in [5.41, 5.74) is 11.6. The predicted octanol–water partition coefficient (Wildman–Crippen LogP) is 8.89. The van der Waals surface area contributed by atoms with E-state index in [4.69, 9.17) is 11.0 Å². The van der Waals surface area contributed by atoms with Gasteiger partial charge in [0, 0.05) is 34.5 Å². The summed E-state index contributed by atoms with van der Waals surface area (Å²) in [6.45, 7) is 26.2. The molecule has 4 heteroatoms. The molecule has 0 fully saturated rings. The molecule has 0 N–H and O–H groups in total. The lowest BCUT2D eigenvalue weighted by Crippen LogP contribution is -2.50. The number of aromatic nitrogens is 1. The van der Waals surface area contributed by atoms with E-state index in [0.29, 0.717) is 11.6 Å². The fourth-order valence-corrected chi connectivity index (χ4v) is 8.61. The van der Waals surface area contributed by atoms with Crippen LogP contribution >= 0.6 is 0 Å². The van der Waals surface area contributed by atoms with Gasteiger partial charge in [0.2, 0.25) is 5.69 Å². The van der Waals surface area contributed by atoms with E-state index in [1.165, 1.54) is 27.6 Å². The van der Waals surface area contributed by atoms with Crippen LogP contribution in [0.3, 0.4) is 0 Å². The Morgan fingerprint density at radius 3 is 2.00 bits per heavy atom. The molecule has 192 valence electrons. The number of fused-ring (bicyclic) bond motifs is 3. The Labute approximate surface area is 227 Å². The molecule has 2 heterocycles. The summed E-state index contributed by atoms with van der Waals surface area (Å²) >= 11 is 0. The average molecular weight is 518 g/mol. The van der Waals surface area contributed by atoms with Crippen molar-refractivity contribution in [2.75, 3.05) is 0 Å². The minimum atomic E-state index is -1.51. The summed E-state index contributed by atoms with van der Waals surface area (Å²) in [5, 5.41) is 3.65. The van der Waals surface area contributed by atoms with E-state index in [9.17, 15) is 0 Å². The lowest BCUT2D eigenvalue weighted by Gasteiger charge is -2.21. The summed E-state index contributed by atoms with van der Waals surface area (Å²) < 4.78 is 9.15. The normalized spacial score (nSPS) is 12.0. The van der Waals surface area contributed by atoms with Crippen LogP contribution in [0, 0.1) is 27.3 Å². The number of nitrogens with zero attached hydrogens (tertiary/aromatic N) is 2. The summed E-state index contributed by atoms with van der Waals surface area (Å²) in [6, 6.07) is 19.3. The molecule has 0 aliphatic carbocycles. The van der Waals surface area contributed by atoms with Crippen LogP contribution in [0.2, 0.25) is 19.6 Å². The average Bonchev–Trinajstić information content (AvgIpc) is 3.23. The van der Waals surface area contributed by atoms with Gasteiger partial charge < -0.3 is 4.42 Å². The van der Waals surface area contributed by atoms with Crippen molar-refractivity contribution in [2.45, 2.75) is 60.2 Å². The van der Waals surface area contributed by atoms with E-state index < -0.39 is 8.07 Å². The van der Waals surface area contributed by atoms with Crippen molar-refractivity contribution in [1.82, 2.24) is 0 Å². The molecule has 0 saturated heterocycles. The van der Waals surface area contributed by atoms with Crippen LogP contribution in [0.1, 0.15) is 42.1 Å². The fraction of sp³-hybridized carbons (Fsp3) is 0.294. The number of hydrogen-bond donors (Lipinski definition) is 0. The third-order valence-corrected chi connectivity index (χ3v) is 10.2. The van der Waals surface area contributed by atoms with E-state index >= 15 is 0 Å².